The normalized spacial score (nSPS) is 24.7. The first-order valence-corrected chi connectivity index (χ1v) is 5.38. The first kappa shape index (κ1) is 10.0. The van der Waals surface area contributed by atoms with E-state index in [1.54, 1.807) is 0 Å². The lowest BCUT2D eigenvalue weighted by Crippen LogP contribution is -2.40. The Balaban J connectivity index is 2.31. The molecule has 1 heterocycles. The Bertz CT molecular complexity index is 350. The lowest BCUT2D eigenvalue weighted by molar-refractivity contribution is 0.243. The zero-order valence-electron chi connectivity index (χ0n) is 8.92. The van der Waals surface area contributed by atoms with Gasteiger partial charge in [-0.2, -0.15) is 0 Å². The molecule has 1 aromatic carbocycles. The molecule has 1 aliphatic rings. The Labute approximate surface area is 89.9 Å². The number of carbonyl (C=O) groups excluding carboxylic acids is 1. The van der Waals surface area contributed by atoms with Crippen molar-refractivity contribution in [3.05, 3.63) is 35.9 Å². The SMILES string of the molecule is CCC[C@]1(c2ccccc2)CNC(=O)N1. The number of benzene rings is 1. The lowest BCUT2D eigenvalue weighted by atomic mass is 9.86. The van der Waals surface area contributed by atoms with E-state index in [0.29, 0.717) is 6.54 Å². The molecule has 0 saturated carbocycles. The Kier molecular flexibility index (Phi) is 2.62. The Morgan fingerprint density at radius 1 is 1.33 bits per heavy atom. The third-order valence-electron chi connectivity index (χ3n) is 2.91. The van der Waals surface area contributed by atoms with Gasteiger partial charge in [0.2, 0.25) is 0 Å². The number of hydrogen-bond acceptors (Lipinski definition) is 1. The zero-order valence-corrected chi connectivity index (χ0v) is 8.92. The number of rotatable bonds is 3. The van der Waals surface area contributed by atoms with Crippen LogP contribution in [0.3, 0.4) is 0 Å². The molecule has 1 aromatic rings. The highest BCUT2D eigenvalue weighted by molar-refractivity contribution is 5.78. The predicted octanol–water partition coefficient (Wildman–Crippen LogP) is 1.99. The van der Waals surface area contributed by atoms with E-state index in [1.165, 1.54) is 5.56 Å². The summed E-state index contributed by atoms with van der Waals surface area (Å²) in [7, 11) is 0. The fraction of sp³-hybridized carbons (Fsp3) is 0.417. The fourth-order valence-corrected chi connectivity index (χ4v) is 2.19. The first-order chi connectivity index (χ1) is 7.27. The van der Waals surface area contributed by atoms with Crippen LogP contribution in [-0.4, -0.2) is 12.6 Å². The largest absolute Gasteiger partial charge is 0.335 e. The van der Waals surface area contributed by atoms with E-state index < -0.39 is 0 Å². The van der Waals surface area contributed by atoms with Crippen LogP contribution in [0.15, 0.2) is 30.3 Å². The number of urea groups is 1. The van der Waals surface area contributed by atoms with Crippen LogP contribution < -0.4 is 10.6 Å². The molecule has 1 atom stereocenters. The quantitative estimate of drug-likeness (QED) is 0.776. The molecule has 2 amide bonds. The second-order valence-electron chi connectivity index (χ2n) is 4.01. The summed E-state index contributed by atoms with van der Waals surface area (Å²) < 4.78 is 0. The van der Waals surface area contributed by atoms with Gasteiger partial charge in [0.1, 0.15) is 0 Å². The van der Waals surface area contributed by atoms with Crippen LogP contribution in [0.1, 0.15) is 25.3 Å². The van der Waals surface area contributed by atoms with E-state index in [-0.39, 0.29) is 11.6 Å². The molecule has 80 valence electrons. The monoisotopic (exact) mass is 204 g/mol. The molecule has 0 aliphatic carbocycles. The molecule has 0 bridgehead atoms. The van der Waals surface area contributed by atoms with Gasteiger partial charge in [-0.05, 0) is 12.0 Å². The summed E-state index contributed by atoms with van der Waals surface area (Å²) >= 11 is 0. The molecule has 3 nitrogen and oxygen atoms in total. The van der Waals surface area contributed by atoms with Gasteiger partial charge >= 0.3 is 6.03 Å². The summed E-state index contributed by atoms with van der Waals surface area (Å²) in [6, 6.07) is 10.1. The minimum absolute atomic E-state index is 0.0627. The van der Waals surface area contributed by atoms with Crippen molar-refractivity contribution in [2.75, 3.05) is 6.54 Å². The average Bonchev–Trinajstić information content (AvgIpc) is 2.63. The molecular formula is C12H16N2O. The third-order valence-corrected chi connectivity index (χ3v) is 2.91. The van der Waals surface area contributed by atoms with E-state index in [0.717, 1.165) is 12.8 Å². The van der Waals surface area contributed by atoms with Gasteiger partial charge in [0.25, 0.3) is 0 Å². The third kappa shape index (κ3) is 1.82. The first-order valence-electron chi connectivity index (χ1n) is 5.38. The van der Waals surface area contributed by atoms with Crippen LogP contribution >= 0.6 is 0 Å². The summed E-state index contributed by atoms with van der Waals surface area (Å²) in [5.74, 6) is 0. The number of carbonyl (C=O) groups is 1. The predicted molar refractivity (Wildman–Crippen MR) is 59.6 cm³/mol. The maximum Gasteiger partial charge on any atom is 0.315 e. The number of amides is 2. The summed E-state index contributed by atoms with van der Waals surface area (Å²) in [4.78, 5) is 11.3. The van der Waals surface area contributed by atoms with Gasteiger partial charge in [0, 0.05) is 6.54 Å². The highest BCUT2D eigenvalue weighted by Crippen LogP contribution is 2.28. The van der Waals surface area contributed by atoms with Crippen molar-refractivity contribution >= 4 is 6.03 Å². The van der Waals surface area contributed by atoms with Crippen molar-refractivity contribution in [3.8, 4) is 0 Å². The Hall–Kier alpha value is -1.51. The zero-order chi connectivity index (χ0) is 10.7. The smallest absolute Gasteiger partial charge is 0.315 e. The fourth-order valence-electron chi connectivity index (χ4n) is 2.19. The van der Waals surface area contributed by atoms with Crippen molar-refractivity contribution < 1.29 is 4.79 Å². The maximum atomic E-state index is 11.3. The van der Waals surface area contributed by atoms with Crippen LogP contribution in [-0.2, 0) is 5.54 Å². The molecule has 2 N–H and O–H groups in total. The summed E-state index contributed by atoms with van der Waals surface area (Å²) in [5, 5.41) is 5.88. The van der Waals surface area contributed by atoms with Crippen molar-refractivity contribution in [1.82, 2.24) is 10.6 Å². The molecule has 3 heteroatoms. The molecule has 1 fully saturated rings. The second kappa shape index (κ2) is 3.93. The van der Waals surface area contributed by atoms with Crippen molar-refractivity contribution in [1.29, 1.82) is 0 Å². The van der Waals surface area contributed by atoms with Crippen molar-refractivity contribution in [2.45, 2.75) is 25.3 Å². The molecule has 0 aromatic heterocycles. The van der Waals surface area contributed by atoms with Gasteiger partial charge in [-0.25, -0.2) is 4.79 Å². The number of hydrogen-bond donors (Lipinski definition) is 2. The Morgan fingerprint density at radius 2 is 2.07 bits per heavy atom. The van der Waals surface area contributed by atoms with Crippen LogP contribution in [0.25, 0.3) is 0 Å². The molecule has 0 radical (unpaired) electrons. The van der Waals surface area contributed by atoms with Gasteiger partial charge in [-0.15, -0.1) is 0 Å². The molecule has 2 rings (SSSR count). The van der Waals surface area contributed by atoms with E-state index in [9.17, 15) is 4.79 Å². The molecule has 0 unspecified atom stereocenters. The molecular weight excluding hydrogens is 188 g/mol. The second-order valence-corrected chi connectivity index (χ2v) is 4.01. The molecule has 15 heavy (non-hydrogen) atoms. The lowest BCUT2D eigenvalue weighted by Gasteiger charge is -2.28. The van der Waals surface area contributed by atoms with Gasteiger partial charge < -0.3 is 10.6 Å². The van der Waals surface area contributed by atoms with Crippen LogP contribution in [0.5, 0.6) is 0 Å². The van der Waals surface area contributed by atoms with Gasteiger partial charge in [-0.3, -0.25) is 0 Å². The van der Waals surface area contributed by atoms with Crippen molar-refractivity contribution in [3.63, 3.8) is 0 Å². The van der Waals surface area contributed by atoms with Crippen molar-refractivity contribution in [2.24, 2.45) is 0 Å². The summed E-state index contributed by atoms with van der Waals surface area (Å²) in [5.41, 5.74) is 0.984. The topological polar surface area (TPSA) is 41.1 Å². The van der Waals surface area contributed by atoms with E-state index in [4.69, 9.17) is 0 Å². The van der Waals surface area contributed by atoms with Crippen LogP contribution in [0.2, 0.25) is 0 Å². The summed E-state index contributed by atoms with van der Waals surface area (Å²) in [6.07, 6.45) is 2.02. The minimum atomic E-state index is -0.201. The standard InChI is InChI=1S/C12H16N2O/c1-2-8-12(9-13-11(15)14-12)10-6-4-3-5-7-10/h3-7H,2,8-9H2,1H3,(H2,13,14,15)/t12-/m1/s1. The van der Waals surface area contributed by atoms with Gasteiger partial charge in [-0.1, -0.05) is 43.7 Å². The maximum absolute atomic E-state index is 11.3. The molecule has 1 saturated heterocycles. The molecule has 1 aliphatic heterocycles. The number of nitrogens with one attached hydrogen (secondary N) is 2. The van der Waals surface area contributed by atoms with Crippen LogP contribution in [0, 0.1) is 0 Å². The van der Waals surface area contributed by atoms with Crippen LogP contribution in [0.4, 0.5) is 4.79 Å². The van der Waals surface area contributed by atoms with E-state index in [2.05, 4.69) is 29.7 Å². The molecule has 0 spiro atoms. The summed E-state index contributed by atoms with van der Waals surface area (Å²) in [6.45, 7) is 2.82. The van der Waals surface area contributed by atoms with Gasteiger partial charge in [0.15, 0.2) is 0 Å². The van der Waals surface area contributed by atoms with E-state index >= 15 is 0 Å². The highest BCUT2D eigenvalue weighted by atomic mass is 16.2. The minimum Gasteiger partial charge on any atom is -0.335 e. The van der Waals surface area contributed by atoms with E-state index in [1.807, 2.05) is 18.2 Å². The van der Waals surface area contributed by atoms with Gasteiger partial charge in [0.05, 0.1) is 5.54 Å². The highest BCUT2D eigenvalue weighted by Gasteiger charge is 2.37. The average molecular weight is 204 g/mol. The Morgan fingerprint density at radius 3 is 2.60 bits per heavy atom.